The maximum atomic E-state index is 2.44. The number of anilines is 3. The Hall–Kier alpha value is -5.18. The Morgan fingerprint density at radius 3 is 1.98 bits per heavy atom. The number of thiophene rings is 1. The van der Waals surface area contributed by atoms with Crippen molar-refractivity contribution in [2.24, 2.45) is 0 Å². The van der Waals surface area contributed by atoms with Crippen molar-refractivity contribution < 1.29 is 0 Å². The van der Waals surface area contributed by atoms with E-state index in [2.05, 4.69) is 170 Å². The smallest absolute Gasteiger partial charge is 0.0468 e. The Balaban J connectivity index is 1.26. The fourth-order valence-corrected chi connectivity index (χ4v) is 8.61. The van der Waals surface area contributed by atoms with Crippen molar-refractivity contribution in [2.45, 2.75) is 19.3 Å². The lowest BCUT2D eigenvalue weighted by atomic mass is 9.82. The van der Waals surface area contributed by atoms with E-state index in [-0.39, 0.29) is 5.41 Å². The first-order valence-electron chi connectivity index (χ1n) is 15.6. The van der Waals surface area contributed by atoms with Crippen molar-refractivity contribution in [2.75, 3.05) is 4.90 Å². The molecule has 0 N–H and O–H groups in total. The van der Waals surface area contributed by atoms with Gasteiger partial charge in [0, 0.05) is 48.2 Å². The second-order valence-electron chi connectivity index (χ2n) is 12.6. The van der Waals surface area contributed by atoms with Crippen LogP contribution in [0.3, 0.4) is 0 Å². The van der Waals surface area contributed by atoms with Gasteiger partial charge in [0.1, 0.15) is 0 Å². The zero-order valence-electron chi connectivity index (χ0n) is 25.3. The molecule has 0 aliphatic heterocycles. The van der Waals surface area contributed by atoms with Crippen LogP contribution in [-0.4, -0.2) is 0 Å². The molecule has 0 spiro atoms. The predicted molar refractivity (Wildman–Crippen MR) is 195 cm³/mol. The highest BCUT2D eigenvalue weighted by Gasteiger charge is 2.37. The molecule has 1 heterocycles. The molecule has 1 nitrogen and oxygen atoms in total. The largest absolute Gasteiger partial charge is 0.310 e. The van der Waals surface area contributed by atoms with Gasteiger partial charge in [-0.25, -0.2) is 0 Å². The van der Waals surface area contributed by atoms with Crippen molar-refractivity contribution in [1.82, 2.24) is 0 Å². The summed E-state index contributed by atoms with van der Waals surface area (Å²) in [6.45, 7) is 4.75. The zero-order chi connectivity index (χ0) is 30.1. The highest BCUT2D eigenvalue weighted by Crippen LogP contribution is 2.55. The van der Waals surface area contributed by atoms with E-state index in [4.69, 9.17) is 0 Å². The van der Waals surface area contributed by atoms with Gasteiger partial charge in [0.15, 0.2) is 0 Å². The minimum Gasteiger partial charge on any atom is -0.310 e. The summed E-state index contributed by atoms with van der Waals surface area (Å²) in [6, 6.07) is 55.7. The molecular weight excluding hydrogens is 563 g/mol. The third-order valence-corrected chi connectivity index (χ3v) is 10.9. The highest BCUT2D eigenvalue weighted by atomic mass is 32.1. The summed E-state index contributed by atoms with van der Waals surface area (Å²) in [5, 5.41) is 5.18. The van der Waals surface area contributed by atoms with Crippen LogP contribution in [-0.2, 0) is 5.41 Å². The quantitative estimate of drug-likeness (QED) is 0.196. The van der Waals surface area contributed by atoms with E-state index in [1.165, 1.54) is 70.0 Å². The van der Waals surface area contributed by atoms with Crippen LogP contribution in [0.5, 0.6) is 0 Å². The number of fused-ring (bicyclic) bond motifs is 8. The molecular formula is C43H31NS. The van der Waals surface area contributed by atoms with Crippen LogP contribution < -0.4 is 4.90 Å². The lowest BCUT2D eigenvalue weighted by molar-refractivity contribution is 0.661. The van der Waals surface area contributed by atoms with Crippen LogP contribution in [0.4, 0.5) is 17.1 Å². The van der Waals surface area contributed by atoms with E-state index in [0.29, 0.717) is 0 Å². The third kappa shape index (κ3) is 4.06. The van der Waals surface area contributed by atoms with E-state index < -0.39 is 0 Å². The molecule has 45 heavy (non-hydrogen) atoms. The van der Waals surface area contributed by atoms with Crippen LogP contribution in [0.25, 0.3) is 53.2 Å². The second-order valence-corrected chi connectivity index (χ2v) is 13.6. The Bertz CT molecular complexity index is 2400. The molecule has 0 atom stereocenters. The Kier molecular flexibility index (Phi) is 5.78. The molecule has 1 aliphatic carbocycles. The van der Waals surface area contributed by atoms with Crippen LogP contribution in [0.1, 0.15) is 25.0 Å². The van der Waals surface area contributed by atoms with E-state index in [1.54, 1.807) is 0 Å². The summed E-state index contributed by atoms with van der Waals surface area (Å²) in [4.78, 5) is 2.41. The lowest BCUT2D eigenvalue weighted by Gasteiger charge is -2.27. The van der Waals surface area contributed by atoms with Crippen molar-refractivity contribution in [3.63, 3.8) is 0 Å². The molecule has 1 aliphatic rings. The fraction of sp³-hybridized carbons (Fsp3) is 0.0698. The molecule has 0 saturated carbocycles. The molecule has 2 heteroatoms. The monoisotopic (exact) mass is 593 g/mol. The lowest BCUT2D eigenvalue weighted by Crippen LogP contribution is -2.15. The van der Waals surface area contributed by atoms with Crippen molar-refractivity contribution in [3.05, 3.63) is 163 Å². The van der Waals surface area contributed by atoms with Gasteiger partial charge in [-0.15, -0.1) is 11.3 Å². The molecule has 0 amide bonds. The molecule has 0 saturated heterocycles. The summed E-state index contributed by atoms with van der Waals surface area (Å²) >= 11 is 1.93. The number of hydrogen-bond donors (Lipinski definition) is 0. The van der Waals surface area contributed by atoms with E-state index in [1.807, 2.05) is 11.3 Å². The first-order valence-corrected chi connectivity index (χ1v) is 16.4. The van der Waals surface area contributed by atoms with Gasteiger partial charge in [0.05, 0.1) is 0 Å². The van der Waals surface area contributed by atoms with E-state index in [9.17, 15) is 0 Å². The third-order valence-electron chi connectivity index (χ3n) is 9.65. The van der Waals surface area contributed by atoms with E-state index >= 15 is 0 Å². The number of benzene rings is 7. The van der Waals surface area contributed by atoms with Gasteiger partial charge in [-0.1, -0.05) is 123 Å². The number of hydrogen-bond acceptors (Lipinski definition) is 2. The van der Waals surface area contributed by atoms with Crippen LogP contribution in [0.15, 0.2) is 152 Å². The van der Waals surface area contributed by atoms with Crippen molar-refractivity contribution in [3.8, 4) is 22.3 Å². The molecule has 0 unspecified atom stereocenters. The SMILES string of the molecule is CC1(C)c2ccc(N(c3ccc(-c4ccccc4)cc3)c3ccc4ccccc4c3)cc2-c2c1ccc1c2sc2ccccc21. The average Bonchev–Trinajstić information content (AvgIpc) is 3.57. The molecule has 7 aromatic carbocycles. The van der Waals surface area contributed by atoms with Crippen LogP contribution >= 0.6 is 11.3 Å². The number of nitrogens with zero attached hydrogens (tertiary/aromatic N) is 1. The van der Waals surface area contributed by atoms with Crippen LogP contribution in [0.2, 0.25) is 0 Å². The summed E-state index contributed by atoms with van der Waals surface area (Å²) in [7, 11) is 0. The predicted octanol–water partition coefficient (Wildman–Crippen LogP) is 12.7. The Morgan fingerprint density at radius 1 is 0.489 bits per heavy atom. The fourth-order valence-electron chi connectivity index (χ4n) is 7.34. The zero-order valence-corrected chi connectivity index (χ0v) is 26.1. The first kappa shape index (κ1) is 26.2. The molecule has 1 aromatic heterocycles. The molecule has 0 bridgehead atoms. The first-order chi connectivity index (χ1) is 22.1. The maximum Gasteiger partial charge on any atom is 0.0468 e. The normalized spacial score (nSPS) is 13.3. The van der Waals surface area contributed by atoms with Gasteiger partial charge in [0.25, 0.3) is 0 Å². The van der Waals surface area contributed by atoms with Crippen molar-refractivity contribution in [1.29, 1.82) is 0 Å². The van der Waals surface area contributed by atoms with Crippen LogP contribution in [0, 0.1) is 0 Å². The van der Waals surface area contributed by atoms with Gasteiger partial charge < -0.3 is 4.90 Å². The van der Waals surface area contributed by atoms with Gasteiger partial charge in [-0.3, -0.25) is 0 Å². The minimum absolute atomic E-state index is 0.0708. The topological polar surface area (TPSA) is 3.24 Å². The van der Waals surface area contributed by atoms with Crippen molar-refractivity contribution >= 4 is 59.3 Å². The molecule has 214 valence electrons. The van der Waals surface area contributed by atoms with Gasteiger partial charge in [-0.05, 0) is 81.1 Å². The average molecular weight is 594 g/mol. The Labute approximate surface area is 267 Å². The summed E-state index contributed by atoms with van der Waals surface area (Å²) in [6.07, 6.45) is 0. The maximum absolute atomic E-state index is 2.44. The molecule has 0 fully saturated rings. The highest BCUT2D eigenvalue weighted by molar-refractivity contribution is 7.26. The molecule has 9 rings (SSSR count). The standard InChI is InChI=1S/C43H31NS/c1-43(2)38-24-22-34(27-37(38)41-39(43)25-23-36-35-14-8-9-15-40(35)45-42(36)41)44(33-21-18-29-12-6-7-13-31(29)26-33)32-19-16-30(17-20-32)28-10-4-3-5-11-28/h3-27H,1-2H3. The molecule has 0 radical (unpaired) electrons. The van der Waals surface area contributed by atoms with Gasteiger partial charge in [0.2, 0.25) is 0 Å². The van der Waals surface area contributed by atoms with Gasteiger partial charge >= 0.3 is 0 Å². The summed E-state index contributed by atoms with van der Waals surface area (Å²) < 4.78 is 2.74. The van der Waals surface area contributed by atoms with E-state index in [0.717, 1.165) is 11.4 Å². The Morgan fingerprint density at radius 2 is 1.13 bits per heavy atom. The van der Waals surface area contributed by atoms with Gasteiger partial charge in [-0.2, -0.15) is 0 Å². The minimum atomic E-state index is -0.0708. The summed E-state index contributed by atoms with van der Waals surface area (Å²) in [5.74, 6) is 0. The number of rotatable bonds is 4. The summed E-state index contributed by atoms with van der Waals surface area (Å²) in [5.41, 5.74) is 11.4. The second kappa shape index (κ2) is 9.92. The molecule has 8 aromatic rings.